The zero-order valence-electron chi connectivity index (χ0n) is 16.0. The highest BCUT2D eigenvalue weighted by molar-refractivity contribution is 5.82. The topological polar surface area (TPSA) is 18.5 Å². The van der Waals surface area contributed by atoms with Gasteiger partial charge in [-0.05, 0) is 60.1 Å². The first-order valence-corrected chi connectivity index (χ1v) is 9.62. The molecular weight excluding hydrogens is 308 g/mol. The summed E-state index contributed by atoms with van der Waals surface area (Å²) in [4.78, 5) is 0. The molecule has 0 fully saturated rings. The molecule has 25 heavy (non-hydrogen) atoms. The van der Waals surface area contributed by atoms with E-state index in [1.165, 1.54) is 33.4 Å². The predicted octanol–water partition coefficient (Wildman–Crippen LogP) is 5.15. The molecule has 0 amide bonds. The van der Waals surface area contributed by atoms with Crippen molar-refractivity contribution < 1.29 is 9.47 Å². The molecule has 0 atom stereocenters. The summed E-state index contributed by atoms with van der Waals surface area (Å²) in [6.45, 7) is 11.3. The molecule has 2 nitrogen and oxygen atoms in total. The second-order valence-electron chi connectivity index (χ2n) is 6.82. The summed E-state index contributed by atoms with van der Waals surface area (Å²) >= 11 is 0. The summed E-state index contributed by atoms with van der Waals surface area (Å²) in [6, 6.07) is 13.9. The van der Waals surface area contributed by atoms with E-state index in [-0.39, 0.29) is 5.41 Å². The van der Waals surface area contributed by atoms with Gasteiger partial charge in [-0.3, -0.25) is 0 Å². The first kappa shape index (κ1) is 18.2. The largest absolute Gasteiger partial charge is 0.380 e. The second kappa shape index (κ2) is 7.72. The van der Waals surface area contributed by atoms with E-state index in [1.54, 1.807) is 0 Å². The van der Waals surface area contributed by atoms with Crippen LogP contribution in [-0.4, -0.2) is 26.4 Å². The SMILES string of the molecule is CCOCC1(COCC)c2ccc(CC)cc2-c2cc(CC)ccc21. The number of rotatable bonds is 8. The highest BCUT2D eigenvalue weighted by atomic mass is 16.5. The lowest BCUT2D eigenvalue weighted by atomic mass is 9.79. The van der Waals surface area contributed by atoms with Crippen molar-refractivity contribution in [3.8, 4) is 11.1 Å². The van der Waals surface area contributed by atoms with Crippen LogP contribution in [0.1, 0.15) is 49.9 Å². The van der Waals surface area contributed by atoms with Gasteiger partial charge >= 0.3 is 0 Å². The van der Waals surface area contributed by atoms with Gasteiger partial charge in [0.1, 0.15) is 0 Å². The Hall–Kier alpha value is -1.64. The van der Waals surface area contributed by atoms with E-state index in [0.29, 0.717) is 13.2 Å². The fourth-order valence-electron chi connectivity index (χ4n) is 3.95. The van der Waals surface area contributed by atoms with Gasteiger partial charge in [0.15, 0.2) is 0 Å². The lowest BCUT2D eigenvalue weighted by Crippen LogP contribution is -2.36. The summed E-state index contributed by atoms with van der Waals surface area (Å²) in [5.41, 5.74) is 8.01. The molecule has 2 aromatic rings. The number of aryl methyl sites for hydroxylation is 2. The molecule has 0 aliphatic heterocycles. The summed E-state index contributed by atoms with van der Waals surface area (Å²) in [6.07, 6.45) is 2.11. The van der Waals surface area contributed by atoms with Gasteiger partial charge in [0.2, 0.25) is 0 Å². The van der Waals surface area contributed by atoms with Crippen LogP contribution in [0.3, 0.4) is 0 Å². The van der Waals surface area contributed by atoms with Gasteiger partial charge in [-0.15, -0.1) is 0 Å². The minimum absolute atomic E-state index is 0.199. The fourth-order valence-corrected chi connectivity index (χ4v) is 3.95. The van der Waals surface area contributed by atoms with Crippen LogP contribution in [0.2, 0.25) is 0 Å². The normalized spacial score (nSPS) is 14.4. The van der Waals surface area contributed by atoms with Crippen LogP contribution in [0.5, 0.6) is 0 Å². The highest BCUT2D eigenvalue weighted by Gasteiger charge is 2.43. The van der Waals surface area contributed by atoms with Crippen LogP contribution >= 0.6 is 0 Å². The van der Waals surface area contributed by atoms with E-state index in [9.17, 15) is 0 Å². The molecule has 0 spiro atoms. The molecule has 2 aromatic carbocycles. The number of hydrogen-bond donors (Lipinski definition) is 0. The number of fused-ring (bicyclic) bond motifs is 3. The Bertz CT molecular complexity index is 669. The van der Waals surface area contributed by atoms with Gasteiger partial charge in [0.05, 0.1) is 18.6 Å². The summed E-state index contributed by atoms with van der Waals surface area (Å²) in [7, 11) is 0. The molecule has 0 unspecified atom stereocenters. The van der Waals surface area contributed by atoms with Crippen molar-refractivity contribution >= 4 is 0 Å². The van der Waals surface area contributed by atoms with Gasteiger partial charge in [0.25, 0.3) is 0 Å². The second-order valence-corrected chi connectivity index (χ2v) is 6.82. The van der Waals surface area contributed by atoms with Crippen LogP contribution in [0, 0.1) is 0 Å². The van der Waals surface area contributed by atoms with E-state index < -0.39 is 0 Å². The van der Waals surface area contributed by atoms with Gasteiger partial charge in [0, 0.05) is 13.2 Å². The number of ether oxygens (including phenoxy) is 2. The Kier molecular flexibility index (Phi) is 5.61. The van der Waals surface area contributed by atoms with Crippen molar-refractivity contribution in [2.45, 2.75) is 46.0 Å². The zero-order chi connectivity index (χ0) is 17.9. The molecule has 0 N–H and O–H groups in total. The Labute approximate surface area is 152 Å². The molecule has 0 bridgehead atoms. The number of hydrogen-bond acceptors (Lipinski definition) is 2. The monoisotopic (exact) mass is 338 g/mol. The highest BCUT2D eigenvalue weighted by Crippen LogP contribution is 2.50. The average molecular weight is 338 g/mol. The van der Waals surface area contributed by atoms with Gasteiger partial charge in [-0.1, -0.05) is 50.2 Å². The van der Waals surface area contributed by atoms with Gasteiger partial charge in [-0.25, -0.2) is 0 Å². The lowest BCUT2D eigenvalue weighted by molar-refractivity contribution is 0.0451. The molecule has 2 heteroatoms. The molecule has 1 aliphatic rings. The third-order valence-electron chi connectivity index (χ3n) is 5.41. The maximum atomic E-state index is 5.96. The van der Waals surface area contributed by atoms with E-state index in [2.05, 4.69) is 64.1 Å². The van der Waals surface area contributed by atoms with Crippen molar-refractivity contribution in [1.29, 1.82) is 0 Å². The zero-order valence-corrected chi connectivity index (χ0v) is 16.0. The molecule has 0 heterocycles. The quantitative estimate of drug-likeness (QED) is 0.662. The van der Waals surface area contributed by atoms with Crippen molar-refractivity contribution in [2.75, 3.05) is 26.4 Å². The summed E-state index contributed by atoms with van der Waals surface area (Å²) < 4.78 is 11.9. The molecule has 134 valence electrons. The minimum Gasteiger partial charge on any atom is -0.380 e. The lowest BCUT2D eigenvalue weighted by Gasteiger charge is -2.31. The van der Waals surface area contributed by atoms with Crippen molar-refractivity contribution in [2.24, 2.45) is 0 Å². The predicted molar refractivity (Wildman–Crippen MR) is 104 cm³/mol. The summed E-state index contributed by atoms with van der Waals surface area (Å²) in [5.74, 6) is 0. The Morgan fingerprint density at radius 1 is 0.680 bits per heavy atom. The standard InChI is InChI=1S/C23H30O2/c1-5-17-9-11-21-19(13-17)20-14-18(6-2)10-12-22(20)23(21,15-24-7-3)16-25-8-4/h9-14H,5-8,15-16H2,1-4H3. The van der Waals surface area contributed by atoms with Crippen LogP contribution in [0.4, 0.5) is 0 Å². The van der Waals surface area contributed by atoms with Crippen molar-refractivity contribution in [3.63, 3.8) is 0 Å². The maximum Gasteiger partial charge on any atom is 0.0681 e. The van der Waals surface area contributed by atoms with Crippen molar-refractivity contribution in [3.05, 3.63) is 58.7 Å². The van der Waals surface area contributed by atoms with Gasteiger partial charge in [-0.2, -0.15) is 0 Å². The molecule has 1 aliphatic carbocycles. The summed E-state index contributed by atoms with van der Waals surface area (Å²) in [5, 5.41) is 0. The van der Waals surface area contributed by atoms with Crippen LogP contribution in [0.25, 0.3) is 11.1 Å². The first-order valence-electron chi connectivity index (χ1n) is 9.62. The van der Waals surface area contributed by atoms with E-state index in [0.717, 1.165) is 26.1 Å². The smallest absolute Gasteiger partial charge is 0.0681 e. The third kappa shape index (κ3) is 3.14. The van der Waals surface area contributed by atoms with E-state index in [4.69, 9.17) is 9.47 Å². The Morgan fingerprint density at radius 2 is 1.12 bits per heavy atom. The first-order chi connectivity index (χ1) is 12.2. The Balaban J connectivity index is 2.22. The van der Waals surface area contributed by atoms with Crippen LogP contribution in [0.15, 0.2) is 36.4 Å². The maximum absolute atomic E-state index is 5.96. The number of benzene rings is 2. The van der Waals surface area contributed by atoms with Gasteiger partial charge < -0.3 is 9.47 Å². The van der Waals surface area contributed by atoms with Crippen LogP contribution in [-0.2, 0) is 27.7 Å². The van der Waals surface area contributed by atoms with E-state index >= 15 is 0 Å². The third-order valence-corrected chi connectivity index (χ3v) is 5.41. The van der Waals surface area contributed by atoms with Crippen molar-refractivity contribution in [1.82, 2.24) is 0 Å². The molecule has 0 saturated heterocycles. The molecule has 0 radical (unpaired) electrons. The molecule has 0 aromatic heterocycles. The average Bonchev–Trinajstić information content (AvgIpc) is 2.93. The Morgan fingerprint density at radius 3 is 1.48 bits per heavy atom. The molecular formula is C23H30O2. The van der Waals surface area contributed by atoms with E-state index in [1.807, 2.05) is 0 Å². The fraction of sp³-hybridized carbons (Fsp3) is 0.478. The molecule has 0 saturated carbocycles. The molecule has 3 rings (SSSR count). The van der Waals surface area contributed by atoms with Crippen LogP contribution < -0.4 is 0 Å². The minimum atomic E-state index is -0.199.